The number of hydrogen-bond donors (Lipinski definition) is 1. The van der Waals surface area contributed by atoms with Crippen LogP contribution in [0.3, 0.4) is 0 Å². The summed E-state index contributed by atoms with van der Waals surface area (Å²) in [5.74, 6) is 0.536. The summed E-state index contributed by atoms with van der Waals surface area (Å²) in [4.78, 5) is 15.0. The van der Waals surface area contributed by atoms with Crippen molar-refractivity contribution in [1.82, 2.24) is 15.2 Å². The summed E-state index contributed by atoms with van der Waals surface area (Å²) in [7, 11) is -2.29. The number of H-pyrrole nitrogens is 1. The quantitative estimate of drug-likeness (QED) is 0.723. The van der Waals surface area contributed by atoms with E-state index >= 15 is 0 Å². The smallest absolute Gasteiger partial charge is 0.262 e. The van der Waals surface area contributed by atoms with Gasteiger partial charge in [0.1, 0.15) is 6.33 Å². The number of aromatic amines is 1. The first-order chi connectivity index (χ1) is 6.70. The van der Waals surface area contributed by atoms with Gasteiger partial charge in [0.15, 0.2) is 0 Å². The molecule has 0 saturated carbocycles. The molecule has 2 heterocycles. The van der Waals surface area contributed by atoms with Crippen LogP contribution in [0.1, 0.15) is 23.5 Å². The fourth-order valence-electron chi connectivity index (χ4n) is 1.35. The molecule has 2 rings (SSSR count). The minimum atomic E-state index is -2.29. The Balaban J connectivity index is 2.26. The van der Waals surface area contributed by atoms with Gasteiger partial charge in [0, 0.05) is 11.5 Å². The van der Waals surface area contributed by atoms with Crippen molar-refractivity contribution in [2.75, 3.05) is 11.5 Å². The van der Waals surface area contributed by atoms with Crippen LogP contribution in [0, 0.1) is 0 Å². The molecule has 1 aliphatic rings. The average Bonchev–Trinajstić information content (AvgIpc) is 2.74. The van der Waals surface area contributed by atoms with Gasteiger partial charge < -0.3 is 0 Å². The Morgan fingerprint density at radius 3 is 2.79 bits per heavy atom. The van der Waals surface area contributed by atoms with Gasteiger partial charge in [-0.25, -0.2) is 9.19 Å². The number of rotatable bonds is 1. The highest BCUT2D eigenvalue weighted by Crippen LogP contribution is 2.13. The van der Waals surface area contributed by atoms with E-state index in [2.05, 4.69) is 19.5 Å². The number of nitrogens with zero attached hydrogens (tertiary/aromatic N) is 3. The van der Waals surface area contributed by atoms with E-state index in [0.29, 0.717) is 11.5 Å². The van der Waals surface area contributed by atoms with E-state index in [1.54, 1.807) is 0 Å². The monoisotopic (exact) mass is 214 g/mol. The highest BCUT2D eigenvalue weighted by Gasteiger charge is 2.19. The van der Waals surface area contributed by atoms with E-state index in [0.717, 1.165) is 12.8 Å². The van der Waals surface area contributed by atoms with E-state index in [1.807, 2.05) is 0 Å². The summed E-state index contributed by atoms with van der Waals surface area (Å²) in [6.45, 7) is 0. The van der Waals surface area contributed by atoms with Crippen molar-refractivity contribution in [3.05, 3.63) is 12.2 Å². The first kappa shape index (κ1) is 9.32. The highest BCUT2D eigenvalue weighted by atomic mass is 32.2. The molecular formula is C7H10N4O2S. The van der Waals surface area contributed by atoms with Crippen LogP contribution in [0.5, 0.6) is 0 Å². The lowest BCUT2D eigenvalue weighted by atomic mass is 10.4. The third-order valence-electron chi connectivity index (χ3n) is 2.04. The molecule has 0 aromatic carbocycles. The fourth-order valence-corrected chi connectivity index (χ4v) is 3.44. The largest absolute Gasteiger partial charge is 0.322 e. The van der Waals surface area contributed by atoms with Crippen molar-refractivity contribution in [3.8, 4) is 0 Å². The number of carbonyl (C=O) groups excluding carboxylic acids is 1. The Kier molecular flexibility index (Phi) is 2.32. The van der Waals surface area contributed by atoms with Gasteiger partial charge in [0.25, 0.3) is 0 Å². The highest BCUT2D eigenvalue weighted by molar-refractivity contribution is 7.94. The molecule has 0 spiro atoms. The topological polar surface area (TPSA) is 88.1 Å². The van der Waals surface area contributed by atoms with Crippen LogP contribution in [0.2, 0.25) is 0 Å². The zero-order chi connectivity index (χ0) is 10.0. The van der Waals surface area contributed by atoms with Gasteiger partial charge in [0.2, 0.25) is 5.82 Å². The van der Waals surface area contributed by atoms with E-state index in [9.17, 15) is 9.00 Å². The van der Waals surface area contributed by atoms with Crippen molar-refractivity contribution in [3.63, 3.8) is 0 Å². The lowest BCUT2D eigenvalue weighted by Gasteiger charge is -1.96. The first-order valence-electron chi connectivity index (χ1n) is 4.32. The zero-order valence-corrected chi connectivity index (χ0v) is 8.29. The lowest BCUT2D eigenvalue weighted by Crippen LogP contribution is -2.07. The predicted molar refractivity (Wildman–Crippen MR) is 50.3 cm³/mol. The molecule has 1 aliphatic heterocycles. The molecule has 0 bridgehead atoms. The van der Waals surface area contributed by atoms with E-state index in [1.165, 1.54) is 6.33 Å². The third kappa shape index (κ3) is 1.82. The van der Waals surface area contributed by atoms with Crippen LogP contribution in [-0.2, 0) is 9.73 Å². The summed E-state index contributed by atoms with van der Waals surface area (Å²) in [5, 5.41) is 5.93. The number of hydrogen-bond acceptors (Lipinski definition) is 4. The lowest BCUT2D eigenvalue weighted by molar-refractivity contribution is 0.0995. The molecule has 76 valence electrons. The molecule has 1 N–H and O–H groups in total. The molecule has 0 unspecified atom stereocenters. The van der Waals surface area contributed by atoms with Crippen LogP contribution < -0.4 is 0 Å². The summed E-state index contributed by atoms with van der Waals surface area (Å²) >= 11 is 0. The van der Waals surface area contributed by atoms with Crippen LogP contribution in [0.25, 0.3) is 0 Å². The van der Waals surface area contributed by atoms with Crippen LogP contribution >= 0.6 is 0 Å². The van der Waals surface area contributed by atoms with Crippen molar-refractivity contribution < 1.29 is 9.00 Å². The summed E-state index contributed by atoms with van der Waals surface area (Å²) < 4.78 is 15.5. The molecule has 1 fully saturated rings. The van der Waals surface area contributed by atoms with Crippen LogP contribution in [0.4, 0.5) is 0 Å². The summed E-state index contributed by atoms with van der Waals surface area (Å²) in [6.07, 6.45) is 2.99. The number of amides is 1. The summed E-state index contributed by atoms with van der Waals surface area (Å²) in [6, 6.07) is 0. The van der Waals surface area contributed by atoms with Gasteiger partial charge in [0.05, 0.1) is 9.73 Å². The standard InChI is InChI=1S/C7H10N4O2S/c12-7(6-8-5-9-10-6)11-14(13)3-1-2-4-14/h5H,1-4H2,(H,8,9,10). The molecule has 1 aromatic rings. The molecule has 7 heteroatoms. The Labute approximate surface area is 81.3 Å². The van der Waals surface area contributed by atoms with E-state index in [4.69, 9.17) is 0 Å². The normalized spacial score (nSPS) is 19.4. The first-order valence-corrected chi connectivity index (χ1v) is 6.17. The second-order valence-corrected chi connectivity index (χ2v) is 5.66. The molecular weight excluding hydrogens is 204 g/mol. The second-order valence-electron chi connectivity index (χ2n) is 3.12. The zero-order valence-electron chi connectivity index (χ0n) is 7.47. The van der Waals surface area contributed by atoms with Crippen molar-refractivity contribution in [2.45, 2.75) is 12.8 Å². The molecule has 6 nitrogen and oxygen atoms in total. The minimum absolute atomic E-state index is 0.0552. The van der Waals surface area contributed by atoms with E-state index in [-0.39, 0.29) is 5.82 Å². The molecule has 14 heavy (non-hydrogen) atoms. The Morgan fingerprint density at radius 1 is 1.50 bits per heavy atom. The average molecular weight is 214 g/mol. The summed E-state index contributed by atoms with van der Waals surface area (Å²) in [5.41, 5.74) is 0. The maximum absolute atomic E-state index is 11.8. The molecule has 0 atom stereocenters. The third-order valence-corrected chi connectivity index (χ3v) is 4.40. The van der Waals surface area contributed by atoms with E-state index < -0.39 is 15.6 Å². The van der Waals surface area contributed by atoms with Crippen molar-refractivity contribution >= 4 is 15.6 Å². The van der Waals surface area contributed by atoms with Crippen molar-refractivity contribution in [2.24, 2.45) is 4.36 Å². The van der Waals surface area contributed by atoms with Gasteiger partial charge >= 0.3 is 5.91 Å². The number of aromatic nitrogens is 3. The van der Waals surface area contributed by atoms with Crippen LogP contribution in [0.15, 0.2) is 10.7 Å². The molecule has 0 radical (unpaired) electrons. The Hall–Kier alpha value is -1.24. The van der Waals surface area contributed by atoms with Gasteiger partial charge in [-0.3, -0.25) is 9.89 Å². The molecule has 0 aliphatic carbocycles. The van der Waals surface area contributed by atoms with Gasteiger partial charge in [-0.2, -0.15) is 9.46 Å². The maximum atomic E-state index is 11.8. The van der Waals surface area contributed by atoms with Gasteiger partial charge in [-0.1, -0.05) is 0 Å². The Bertz CT molecular complexity index is 432. The second kappa shape index (κ2) is 3.49. The molecule has 1 amide bonds. The number of nitrogens with one attached hydrogen (secondary N) is 1. The minimum Gasteiger partial charge on any atom is -0.262 e. The van der Waals surface area contributed by atoms with Crippen molar-refractivity contribution in [1.29, 1.82) is 0 Å². The number of carbonyl (C=O) groups is 1. The molecule has 1 saturated heterocycles. The fraction of sp³-hybridized carbons (Fsp3) is 0.571. The van der Waals surface area contributed by atoms with Gasteiger partial charge in [-0.05, 0) is 12.8 Å². The molecule has 1 aromatic heterocycles. The van der Waals surface area contributed by atoms with Crippen LogP contribution in [-0.4, -0.2) is 36.8 Å². The predicted octanol–water partition coefficient (Wildman–Crippen LogP) is 0.207. The Morgan fingerprint density at radius 2 is 2.21 bits per heavy atom. The SMILES string of the molecule is O=C(N=S1(=O)CCCC1)c1ncn[nH]1. The van der Waals surface area contributed by atoms with Gasteiger partial charge in [-0.15, -0.1) is 0 Å². The maximum Gasteiger partial charge on any atom is 0.322 e.